The van der Waals surface area contributed by atoms with Gasteiger partial charge in [0.25, 0.3) is 5.91 Å². The van der Waals surface area contributed by atoms with Gasteiger partial charge in [0.15, 0.2) is 6.10 Å². The molecule has 0 fully saturated rings. The lowest BCUT2D eigenvalue weighted by Gasteiger charge is -2.24. The highest BCUT2D eigenvalue weighted by molar-refractivity contribution is 7.92. The van der Waals surface area contributed by atoms with Crippen molar-refractivity contribution >= 4 is 21.6 Å². The van der Waals surface area contributed by atoms with Crippen molar-refractivity contribution in [2.75, 3.05) is 17.1 Å². The number of hydrogen-bond donors (Lipinski definition) is 3. The number of benzene rings is 2. The van der Waals surface area contributed by atoms with Gasteiger partial charge in [-0.3, -0.25) is 14.3 Å². The Balaban J connectivity index is 2.17. The molecule has 2 aromatic carbocycles. The van der Waals surface area contributed by atoms with Gasteiger partial charge in [0.2, 0.25) is 10.0 Å². The van der Waals surface area contributed by atoms with E-state index in [-0.39, 0.29) is 17.2 Å². The molecule has 0 saturated heterocycles. The maximum Gasteiger partial charge on any atom is 0.416 e. The van der Waals surface area contributed by atoms with E-state index in [1.807, 2.05) is 0 Å². The predicted octanol–water partition coefficient (Wildman–Crippen LogP) is 2.13. The molecule has 1 amide bonds. The smallest absolute Gasteiger partial charge is 0.416 e. The monoisotopic (exact) mass is 434 g/mol. The van der Waals surface area contributed by atoms with E-state index in [9.17, 15) is 31.5 Å². The zero-order valence-electron chi connectivity index (χ0n) is 14.9. The molecule has 0 radical (unpaired) electrons. The van der Waals surface area contributed by atoms with Crippen LogP contribution < -0.4 is 14.5 Å². The van der Waals surface area contributed by atoms with Gasteiger partial charge in [0, 0.05) is 0 Å². The normalized spacial score (nSPS) is 12.9. The highest BCUT2D eigenvalue weighted by Crippen LogP contribution is 2.32. The van der Waals surface area contributed by atoms with Crippen molar-refractivity contribution in [2.45, 2.75) is 12.3 Å². The van der Waals surface area contributed by atoms with Gasteiger partial charge < -0.3 is 9.84 Å². The Morgan fingerprint density at radius 1 is 1.10 bits per heavy atom. The summed E-state index contributed by atoms with van der Waals surface area (Å²) in [7, 11) is -3.88. The molecule has 0 aliphatic carbocycles. The van der Waals surface area contributed by atoms with Crippen LogP contribution in [0.4, 0.5) is 18.9 Å². The van der Waals surface area contributed by atoms with Gasteiger partial charge in [-0.05, 0) is 48.5 Å². The van der Waals surface area contributed by atoms with Crippen molar-refractivity contribution < 1.29 is 41.4 Å². The molecule has 29 heavy (non-hydrogen) atoms. The van der Waals surface area contributed by atoms with Crippen molar-refractivity contribution in [1.82, 2.24) is 5.48 Å². The fraction of sp³-hybridized carbons (Fsp3) is 0.235. The third-order valence-electron chi connectivity index (χ3n) is 3.69. The zero-order chi connectivity index (χ0) is 21.8. The second-order valence-electron chi connectivity index (χ2n) is 5.90. The van der Waals surface area contributed by atoms with Crippen LogP contribution in [-0.2, 0) is 21.0 Å². The number of anilines is 1. The first kappa shape index (κ1) is 22.5. The Labute approximate surface area is 164 Å². The SMILES string of the molecule is CS(=O)(=O)N(C[C@H](O)C(=O)NO)c1ccc(Oc2ccc(C(F)(F)F)cc2)cc1. The van der Waals surface area contributed by atoms with Gasteiger partial charge in [0.1, 0.15) is 11.5 Å². The number of alkyl halides is 3. The number of ether oxygens (including phenoxy) is 1. The standard InChI is InChI=1S/C17H17F3N2O6S/c1-29(26,27)22(10-15(23)16(24)21-25)12-4-8-14(9-5-12)28-13-6-2-11(3-7-13)17(18,19)20/h2-9,15,23,25H,10H2,1H3,(H,21,24)/t15-/m0/s1. The first-order valence-corrected chi connectivity index (χ1v) is 9.81. The van der Waals surface area contributed by atoms with Crippen LogP contribution in [0.5, 0.6) is 11.5 Å². The zero-order valence-corrected chi connectivity index (χ0v) is 15.7. The molecule has 12 heteroatoms. The maximum atomic E-state index is 12.6. The number of amides is 1. The molecule has 2 rings (SSSR count). The lowest BCUT2D eigenvalue weighted by molar-refractivity contribution is -0.138. The molecule has 0 bridgehead atoms. The summed E-state index contributed by atoms with van der Waals surface area (Å²) >= 11 is 0. The highest BCUT2D eigenvalue weighted by Gasteiger charge is 2.30. The largest absolute Gasteiger partial charge is 0.457 e. The third-order valence-corrected chi connectivity index (χ3v) is 4.85. The first-order valence-electron chi connectivity index (χ1n) is 7.96. The molecular formula is C17H17F3N2O6S. The molecule has 158 valence electrons. The van der Waals surface area contributed by atoms with Crippen LogP contribution in [0, 0.1) is 0 Å². The van der Waals surface area contributed by atoms with Gasteiger partial charge in [-0.25, -0.2) is 13.9 Å². The number of rotatable bonds is 7. The second-order valence-corrected chi connectivity index (χ2v) is 7.81. The second kappa shape index (κ2) is 8.68. The number of carbonyl (C=O) groups is 1. The number of nitrogens with one attached hydrogen (secondary N) is 1. The Morgan fingerprint density at radius 3 is 2.00 bits per heavy atom. The van der Waals surface area contributed by atoms with E-state index in [0.717, 1.165) is 34.8 Å². The summed E-state index contributed by atoms with van der Waals surface area (Å²) < 4.78 is 67.8. The summed E-state index contributed by atoms with van der Waals surface area (Å²) in [6.07, 6.45) is -5.42. The van der Waals surface area contributed by atoms with Crippen molar-refractivity contribution in [3.05, 3.63) is 54.1 Å². The quantitative estimate of drug-likeness (QED) is 0.454. The van der Waals surface area contributed by atoms with E-state index in [1.165, 1.54) is 29.7 Å². The number of halogens is 3. The molecule has 0 saturated carbocycles. The summed E-state index contributed by atoms with van der Waals surface area (Å²) in [6.45, 7) is -0.648. The fourth-order valence-electron chi connectivity index (χ4n) is 2.28. The molecular weight excluding hydrogens is 417 g/mol. The van der Waals surface area contributed by atoms with E-state index < -0.39 is 40.3 Å². The van der Waals surface area contributed by atoms with Crippen LogP contribution in [0.3, 0.4) is 0 Å². The van der Waals surface area contributed by atoms with Crippen LogP contribution in [-0.4, -0.2) is 43.5 Å². The van der Waals surface area contributed by atoms with E-state index in [2.05, 4.69) is 0 Å². The summed E-state index contributed by atoms with van der Waals surface area (Å²) in [6, 6.07) is 9.39. The minimum atomic E-state index is -4.47. The van der Waals surface area contributed by atoms with E-state index >= 15 is 0 Å². The summed E-state index contributed by atoms with van der Waals surface area (Å²) in [5.41, 5.74) is 0.492. The number of aliphatic hydroxyl groups is 1. The molecule has 1 atom stereocenters. The number of aliphatic hydroxyl groups excluding tert-OH is 1. The number of hydroxylamine groups is 1. The van der Waals surface area contributed by atoms with Crippen LogP contribution >= 0.6 is 0 Å². The number of carbonyl (C=O) groups excluding carboxylic acids is 1. The maximum absolute atomic E-state index is 12.6. The van der Waals surface area contributed by atoms with E-state index in [1.54, 1.807) is 0 Å². The molecule has 0 unspecified atom stereocenters. The molecule has 0 heterocycles. The molecule has 3 N–H and O–H groups in total. The lowest BCUT2D eigenvalue weighted by atomic mass is 10.2. The molecule has 8 nitrogen and oxygen atoms in total. The Kier molecular flexibility index (Phi) is 6.72. The van der Waals surface area contributed by atoms with E-state index in [0.29, 0.717) is 0 Å². The molecule has 0 aliphatic rings. The summed E-state index contributed by atoms with van der Waals surface area (Å²) in [5, 5.41) is 18.2. The van der Waals surface area contributed by atoms with Crippen LogP contribution in [0.1, 0.15) is 5.56 Å². The van der Waals surface area contributed by atoms with Gasteiger partial charge in [0.05, 0.1) is 24.1 Å². The average Bonchev–Trinajstić information content (AvgIpc) is 2.65. The molecule has 2 aromatic rings. The number of nitrogens with zero attached hydrogens (tertiary/aromatic N) is 1. The van der Waals surface area contributed by atoms with Gasteiger partial charge in [-0.2, -0.15) is 13.2 Å². The molecule has 0 aromatic heterocycles. The van der Waals surface area contributed by atoms with Gasteiger partial charge in [-0.15, -0.1) is 0 Å². The van der Waals surface area contributed by atoms with Crippen LogP contribution in [0.25, 0.3) is 0 Å². The lowest BCUT2D eigenvalue weighted by Crippen LogP contribution is -2.44. The van der Waals surface area contributed by atoms with Crippen LogP contribution in [0.15, 0.2) is 48.5 Å². The third kappa shape index (κ3) is 6.07. The number of sulfonamides is 1. The Hall–Kier alpha value is -2.83. The van der Waals surface area contributed by atoms with Crippen molar-refractivity contribution in [1.29, 1.82) is 0 Å². The van der Waals surface area contributed by atoms with Crippen LogP contribution in [0.2, 0.25) is 0 Å². The summed E-state index contributed by atoms with van der Waals surface area (Å²) in [5.74, 6) is -0.822. The Bertz CT molecular complexity index is 947. The van der Waals surface area contributed by atoms with Crippen molar-refractivity contribution in [3.8, 4) is 11.5 Å². The topological polar surface area (TPSA) is 116 Å². The first-order chi connectivity index (χ1) is 13.4. The minimum Gasteiger partial charge on any atom is -0.457 e. The molecule has 0 aliphatic heterocycles. The summed E-state index contributed by atoms with van der Waals surface area (Å²) in [4.78, 5) is 11.2. The average molecular weight is 434 g/mol. The van der Waals surface area contributed by atoms with Gasteiger partial charge in [-0.1, -0.05) is 0 Å². The van der Waals surface area contributed by atoms with Crippen molar-refractivity contribution in [2.24, 2.45) is 0 Å². The fourth-order valence-corrected chi connectivity index (χ4v) is 3.19. The van der Waals surface area contributed by atoms with Gasteiger partial charge >= 0.3 is 6.18 Å². The van der Waals surface area contributed by atoms with E-state index in [4.69, 9.17) is 9.94 Å². The minimum absolute atomic E-state index is 0.0945. The van der Waals surface area contributed by atoms with Crippen molar-refractivity contribution in [3.63, 3.8) is 0 Å². The highest BCUT2D eigenvalue weighted by atomic mass is 32.2. The Morgan fingerprint density at radius 2 is 1.59 bits per heavy atom. The predicted molar refractivity (Wildman–Crippen MR) is 96.1 cm³/mol. The number of hydrogen-bond acceptors (Lipinski definition) is 6. The molecule has 0 spiro atoms.